The monoisotopic (exact) mass is 286 g/mol. The lowest BCUT2D eigenvalue weighted by atomic mass is 10.3. The molecule has 100 valence electrons. The van der Waals surface area contributed by atoms with Crippen molar-refractivity contribution in [3.63, 3.8) is 0 Å². The molecule has 1 amide bonds. The van der Waals surface area contributed by atoms with Crippen LogP contribution in [0.3, 0.4) is 0 Å². The highest BCUT2D eigenvalue weighted by molar-refractivity contribution is 7.21. The third-order valence-electron chi connectivity index (χ3n) is 2.70. The van der Waals surface area contributed by atoms with Crippen molar-refractivity contribution in [1.29, 1.82) is 0 Å². The molecular weight excluding hydrogens is 276 g/mol. The zero-order valence-electron chi connectivity index (χ0n) is 10.3. The predicted octanol–water partition coefficient (Wildman–Crippen LogP) is 0.993. The highest BCUT2D eigenvalue weighted by atomic mass is 32.1. The van der Waals surface area contributed by atoms with Crippen molar-refractivity contribution in [3.05, 3.63) is 41.4 Å². The molecule has 0 spiro atoms. The van der Waals surface area contributed by atoms with E-state index in [-0.39, 0.29) is 5.91 Å². The second-order valence-corrected chi connectivity index (χ2v) is 4.98. The van der Waals surface area contributed by atoms with Crippen LogP contribution in [0.1, 0.15) is 15.4 Å². The highest BCUT2D eigenvalue weighted by Gasteiger charge is 2.16. The number of rotatable bonds is 3. The van der Waals surface area contributed by atoms with Crippen LogP contribution in [-0.4, -0.2) is 26.1 Å². The van der Waals surface area contributed by atoms with Gasteiger partial charge in [-0.05, 0) is 12.1 Å². The second kappa shape index (κ2) is 5.17. The van der Waals surface area contributed by atoms with Gasteiger partial charge in [0.25, 0.3) is 5.91 Å². The molecule has 0 aliphatic carbocycles. The van der Waals surface area contributed by atoms with Crippen molar-refractivity contribution in [2.24, 2.45) is 0 Å². The Bertz CT molecular complexity index is 757. The van der Waals surface area contributed by atoms with Gasteiger partial charge in [-0.1, -0.05) is 0 Å². The predicted molar refractivity (Wildman–Crippen MR) is 75.0 cm³/mol. The molecule has 0 aromatic carbocycles. The van der Waals surface area contributed by atoms with Gasteiger partial charge < -0.3 is 11.1 Å². The lowest BCUT2D eigenvalue weighted by Crippen LogP contribution is -2.23. The number of nitrogens with two attached hydrogens (primary N) is 1. The third-order valence-corrected chi connectivity index (χ3v) is 3.80. The van der Waals surface area contributed by atoms with E-state index >= 15 is 0 Å². The topological polar surface area (TPSA) is 107 Å². The minimum Gasteiger partial charge on any atom is -0.397 e. The highest BCUT2D eigenvalue weighted by Crippen LogP contribution is 2.31. The summed E-state index contributed by atoms with van der Waals surface area (Å²) in [6.07, 6.45) is 4.61. The van der Waals surface area contributed by atoms with Crippen LogP contribution >= 0.6 is 11.3 Å². The summed E-state index contributed by atoms with van der Waals surface area (Å²) in [5, 5.41) is 11.2. The lowest BCUT2D eigenvalue weighted by Gasteiger charge is -2.03. The summed E-state index contributed by atoms with van der Waals surface area (Å²) in [7, 11) is 0. The first-order valence-corrected chi connectivity index (χ1v) is 6.60. The van der Waals surface area contributed by atoms with Gasteiger partial charge in [-0.15, -0.1) is 16.4 Å². The molecule has 0 saturated carbocycles. The van der Waals surface area contributed by atoms with E-state index in [9.17, 15) is 4.79 Å². The molecule has 7 nitrogen and oxygen atoms in total. The van der Waals surface area contributed by atoms with Crippen molar-refractivity contribution in [2.45, 2.75) is 6.54 Å². The van der Waals surface area contributed by atoms with E-state index < -0.39 is 0 Å². The summed E-state index contributed by atoms with van der Waals surface area (Å²) in [6, 6.07) is 3.48. The molecule has 0 aliphatic heterocycles. The van der Waals surface area contributed by atoms with E-state index in [1.807, 2.05) is 0 Å². The number of hydrogen-bond donors (Lipinski definition) is 2. The number of fused-ring (bicyclic) bond motifs is 1. The van der Waals surface area contributed by atoms with E-state index in [0.717, 1.165) is 11.1 Å². The van der Waals surface area contributed by atoms with Gasteiger partial charge in [-0.2, -0.15) is 5.10 Å². The molecule has 8 heteroatoms. The van der Waals surface area contributed by atoms with Crippen molar-refractivity contribution in [3.8, 4) is 0 Å². The number of nitrogens with one attached hydrogen (secondary N) is 1. The van der Waals surface area contributed by atoms with Crippen LogP contribution in [0.2, 0.25) is 0 Å². The van der Waals surface area contributed by atoms with Crippen LogP contribution in [-0.2, 0) is 6.54 Å². The van der Waals surface area contributed by atoms with Crippen molar-refractivity contribution in [2.75, 3.05) is 5.73 Å². The number of aromatic nitrogens is 4. The SMILES string of the molecule is Nc1c(C(=O)NCc2ccncn2)sc2nnccc12. The van der Waals surface area contributed by atoms with E-state index in [1.54, 1.807) is 24.5 Å². The molecule has 3 heterocycles. The first-order chi connectivity index (χ1) is 9.75. The normalized spacial score (nSPS) is 10.6. The fraction of sp³-hybridized carbons (Fsp3) is 0.0833. The van der Waals surface area contributed by atoms with Gasteiger partial charge in [0, 0.05) is 11.6 Å². The minimum absolute atomic E-state index is 0.246. The van der Waals surface area contributed by atoms with Crippen LogP contribution < -0.4 is 11.1 Å². The minimum atomic E-state index is -0.246. The maximum Gasteiger partial charge on any atom is 0.263 e. The number of thiophene rings is 1. The van der Waals surface area contributed by atoms with Gasteiger partial charge in [-0.3, -0.25) is 4.79 Å². The Morgan fingerprint density at radius 3 is 3.00 bits per heavy atom. The van der Waals surface area contributed by atoms with Crippen LogP contribution in [0.4, 0.5) is 5.69 Å². The quantitative estimate of drug-likeness (QED) is 0.743. The fourth-order valence-corrected chi connectivity index (χ4v) is 2.67. The molecule has 3 aromatic rings. The van der Waals surface area contributed by atoms with Gasteiger partial charge in [0.15, 0.2) is 0 Å². The summed E-state index contributed by atoms with van der Waals surface area (Å²) in [6.45, 7) is 0.320. The number of nitrogens with zero attached hydrogens (tertiary/aromatic N) is 4. The van der Waals surface area contributed by atoms with Gasteiger partial charge >= 0.3 is 0 Å². The Hall–Kier alpha value is -2.61. The zero-order chi connectivity index (χ0) is 13.9. The Kier molecular flexibility index (Phi) is 3.21. The van der Waals surface area contributed by atoms with Crippen molar-refractivity contribution < 1.29 is 4.79 Å². The smallest absolute Gasteiger partial charge is 0.263 e. The maximum absolute atomic E-state index is 12.1. The van der Waals surface area contributed by atoms with Crippen molar-refractivity contribution >= 4 is 33.1 Å². The Morgan fingerprint density at radius 2 is 2.25 bits per heavy atom. The van der Waals surface area contributed by atoms with Crippen LogP contribution in [0.15, 0.2) is 30.9 Å². The molecule has 20 heavy (non-hydrogen) atoms. The number of amides is 1. The molecule has 0 aliphatic rings. The van der Waals surface area contributed by atoms with Gasteiger partial charge in [0.05, 0.1) is 24.1 Å². The zero-order valence-corrected chi connectivity index (χ0v) is 11.1. The maximum atomic E-state index is 12.1. The first-order valence-electron chi connectivity index (χ1n) is 5.78. The summed E-state index contributed by atoms with van der Waals surface area (Å²) in [4.78, 5) is 21.1. The van der Waals surface area contributed by atoms with E-state index in [0.29, 0.717) is 21.9 Å². The van der Waals surface area contributed by atoms with E-state index in [1.165, 1.54) is 17.7 Å². The van der Waals surface area contributed by atoms with Crippen LogP contribution in [0.5, 0.6) is 0 Å². The number of anilines is 1. The molecule has 0 bridgehead atoms. The number of hydrogen-bond acceptors (Lipinski definition) is 7. The molecular formula is C12H10N6OS. The summed E-state index contributed by atoms with van der Waals surface area (Å²) in [5.41, 5.74) is 7.13. The summed E-state index contributed by atoms with van der Waals surface area (Å²) < 4.78 is 0. The van der Waals surface area contributed by atoms with E-state index in [4.69, 9.17) is 5.73 Å². The summed E-state index contributed by atoms with van der Waals surface area (Å²) in [5.74, 6) is -0.246. The molecule has 0 radical (unpaired) electrons. The first kappa shape index (κ1) is 12.4. The molecule has 0 saturated heterocycles. The largest absolute Gasteiger partial charge is 0.397 e. The molecule has 3 aromatic heterocycles. The Morgan fingerprint density at radius 1 is 1.35 bits per heavy atom. The Balaban J connectivity index is 1.81. The van der Waals surface area contributed by atoms with Gasteiger partial charge in [-0.25, -0.2) is 9.97 Å². The lowest BCUT2D eigenvalue weighted by molar-refractivity contribution is 0.0955. The molecule has 3 rings (SSSR count). The fourth-order valence-electron chi connectivity index (χ4n) is 1.72. The Labute approximate surface area is 117 Å². The average molecular weight is 286 g/mol. The summed E-state index contributed by atoms with van der Waals surface area (Å²) >= 11 is 1.22. The second-order valence-electron chi connectivity index (χ2n) is 3.98. The average Bonchev–Trinajstić information content (AvgIpc) is 2.84. The number of carbonyl (C=O) groups excluding carboxylic acids is 1. The molecule has 0 fully saturated rings. The molecule has 0 unspecified atom stereocenters. The molecule has 3 N–H and O–H groups in total. The molecule has 0 atom stereocenters. The standard InChI is InChI=1S/C12H10N6OS/c13-9-8-2-4-17-18-12(8)20-10(9)11(19)15-5-7-1-3-14-6-16-7/h1-4,6H,5,13H2,(H,15,19). The van der Waals surface area contributed by atoms with Gasteiger partial charge in [0.2, 0.25) is 0 Å². The van der Waals surface area contributed by atoms with Crippen molar-refractivity contribution in [1.82, 2.24) is 25.5 Å². The third kappa shape index (κ3) is 2.28. The number of carbonyl (C=O) groups is 1. The van der Waals surface area contributed by atoms with E-state index in [2.05, 4.69) is 25.5 Å². The van der Waals surface area contributed by atoms with Crippen LogP contribution in [0, 0.1) is 0 Å². The number of nitrogen functional groups attached to an aromatic ring is 1. The van der Waals surface area contributed by atoms with Crippen LogP contribution in [0.25, 0.3) is 10.2 Å². The van der Waals surface area contributed by atoms with Gasteiger partial charge in [0.1, 0.15) is 16.0 Å².